The molecule has 0 saturated carbocycles. The number of aliphatic carboxylic acids is 1. The van der Waals surface area contributed by atoms with Gasteiger partial charge in [0.25, 0.3) is 0 Å². The van der Waals surface area contributed by atoms with E-state index in [-0.39, 0.29) is 12.2 Å². The number of hydrogen-bond donors (Lipinski definition) is 2. The Kier molecular flexibility index (Phi) is 15.6. The SMILES string of the molecule is CCCCCCCCCCCCCCCCS(=O)(=O)N[C@H](Cc1ccccc1)C(=O)N1CCCC1C(=O)O. The van der Waals surface area contributed by atoms with Crippen LogP contribution in [-0.4, -0.2) is 54.7 Å². The number of hydrogen-bond acceptors (Lipinski definition) is 4. The van der Waals surface area contributed by atoms with Gasteiger partial charge in [-0.05, 0) is 31.2 Å². The number of carboxylic acid groups (broad SMARTS) is 1. The highest BCUT2D eigenvalue weighted by molar-refractivity contribution is 7.89. The van der Waals surface area contributed by atoms with E-state index in [0.29, 0.717) is 25.8 Å². The minimum Gasteiger partial charge on any atom is -0.480 e. The highest BCUT2D eigenvalue weighted by atomic mass is 32.2. The molecule has 1 aromatic carbocycles. The van der Waals surface area contributed by atoms with E-state index in [9.17, 15) is 23.1 Å². The molecule has 0 aliphatic carbocycles. The van der Waals surface area contributed by atoms with Crippen molar-refractivity contribution in [3.8, 4) is 0 Å². The van der Waals surface area contributed by atoms with Crippen molar-refractivity contribution in [2.45, 2.75) is 128 Å². The number of unbranched alkanes of at least 4 members (excludes halogenated alkanes) is 13. The average Bonchev–Trinajstić information content (AvgIpc) is 3.39. The van der Waals surface area contributed by atoms with Gasteiger partial charge in [0, 0.05) is 6.54 Å². The lowest BCUT2D eigenvalue weighted by Gasteiger charge is -2.27. The van der Waals surface area contributed by atoms with Crippen LogP contribution < -0.4 is 4.72 Å². The molecule has 1 fully saturated rings. The maximum absolute atomic E-state index is 13.3. The Bertz CT molecular complexity index is 906. The van der Waals surface area contributed by atoms with Crippen molar-refractivity contribution >= 4 is 21.9 Å². The molecule has 1 aromatic rings. The number of nitrogens with zero attached hydrogens (tertiary/aromatic N) is 1. The van der Waals surface area contributed by atoms with Crippen LogP contribution in [0.25, 0.3) is 0 Å². The Labute approximate surface area is 230 Å². The predicted molar refractivity (Wildman–Crippen MR) is 154 cm³/mol. The first kappa shape index (κ1) is 32.3. The molecule has 1 heterocycles. The second-order valence-corrected chi connectivity index (χ2v) is 12.7. The van der Waals surface area contributed by atoms with Crippen molar-refractivity contribution in [1.29, 1.82) is 0 Å². The minimum atomic E-state index is -3.67. The smallest absolute Gasteiger partial charge is 0.326 e. The van der Waals surface area contributed by atoms with Crippen molar-refractivity contribution in [3.05, 3.63) is 35.9 Å². The molecular weight excluding hydrogens is 500 g/mol. The minimum absolute atomic E-state index is 0.0219. The van der Waals surface area contributed by atoms with Crippen LogP contribution in [0.3, 0.4) is 0 Å². The van der Waals surface area contributed by atoms with Crippen LogP contribution in [0.5, 0.6) is 0 Å². The number of sulfonamides is 1. The summed E-state index contributed by atoms with van der Waals surface area (Å²) in [6.07, 6.45) is 17.9. The topological polar surface area (TPSA) is 104 Å². The lowest BCUT2D eigenvalue weighted by Crippen LogP contribution is -2.52. The monoisotopic (exact) mass is 550 g/mol. The summed E-state index contributed by atoms with van der Waals surface area (Å²) in [7, 11) is -3.67. The molecule has 0 bridgehead atoms. The van der Waals surface area contributed by atoms with E-state index >= 15 is 0 Å². The summed E-state index contributed by atoms with van der Waals surface area (Å²) >= 11 is 0. The largest absolute Gasteiger partial charge is 0.480 e. The van der Waals surface area contributed by atoms with Crippen LogP contribution in [0.15, 0.2) is 30.3 Å². The van der Waals surface area contributed by atoms with Crippen molar-refractivity contribution in [2.75, 3.05) is 12.3 Å². The van der Waals surface area contributed by atoms with Gasteiger partial charge in [-0.25, -0.2) is 17.9 Å². The molecule has 2 atom stereocenters. The summed E-state index contributed by atoms with van der Waals surface area (Å²) in [5.41, 5.74) is 0.830. The van der Waals surface area contributed by atoms with E-state index in [1.807, 2.05) is 30.3 Å². The van der Waals surface area contributed by atoms with Gasteiger partial charge in [-0.15, -0.1) is 0 Å². The number of benzene rings is 1. The fraction of sp³-hybridized carbons (Fsp3) is 0.733. The molecule has 1 unspecified atom stereocenters. The lowest BCUT2D eigenvalue weighted by atomic mass is 10.0. The van der Waals surface area contributed by atoms with E-state index in [1.54, 1.807) is 0 Å². The van der Waals surface area contributed by atoms with Gasteiger partial charge < -0.3 is 10.0 Å². The van der Waals surface area contributed by atoms with Crippen LogP contribution in [0.1, 0.15) is 115 Å². The molecule has 0 spiro atoms. The number of nitrogens with one attached hydrogen (secondary N) is 1. The lowest BCUT2D eigenvalue weighted by molar-refractivity contribution is -0.148. The second-order valence-electron chi connectivity index (χ2n) is 10.8. The molecule has 1 aliphatic rings. The van der Waals surface area contributed by atoms with Crippen LogP contribution in [-0.2, 0) is 26.0 Å². The van der Waals surface area contributed by atoms with Gasteiger partial charge in [-0.2, -0.15) is 0 Å². The second kappa shape index (κ2) is 18.4. The molecule has 0 radical (unpaired) electrons. The van der Waals surface area contributed by atoms with Gasteiger partial charge >= 0.3 is 5.97 Å². The molecule has 216 valence electrons. The van der Waals surface area contributed by atoms with E-state index in [0.717, 1.165) is 24.8 Å². The van der Waals surface area contributed by atoms with E-state index in [1.165, 1.54) is 69.1 Å². The number of carbonyl (C=O) groups is 2. The zero-order chi connectivity index (χ0) is 27.6. The number of carboxylic acids is 1. The quantitative estimate of drug-likeness (QED) is 0.181. The zero-order valence-corrected chi connectivity index (χ0v) is 24.2. The van der Waals surface area contributed by atoms with Gasteiger partial charge in [-0.3, -0.25) is 4.79 Å². The average molecular weight is 551 g/mol. The summed E-state index contributed by atoms with van der Waals surface area (Å²) in [6.45, 7) is 2.58. The molecule has 2 N–H and O–H groups in total. The maximum atomic E-state index is 13.3. The van der Waals surface area contributed by atoms with Gasteiger partial charge in [0.15, 0.2) is 0 Å². The van der Waals surface area contributed by atoms with Crippen LogP contribution >= 0.6 is 0 Å². The first-order valence-corrected chi connectivity index (χ1v) is 16.6. The van der Waals surface area contributed by atoms with Gasteiger partial charge in [0.1, 0.15) is 12.1 Å². The highest BCUT2D eigenvalue weighted by Crippen LogP contribution is 2.20. The standard InChI is InChI=1S/C30H50N2O5S/c1-2-3-4-5-6-7-8-9-10-11-12-13-14-18-24-38(36,37)31-27(25-26-20-16-15-17-21-26)29(33)32-23-19-22-28(32)30(34)35/h15-17,20-21,27-28,31H,2-14,18-19,22-25H2,1H3,(H,34,35)/t27-,28?/m1/s1. The predicted octanol–water partition coefficient (Wildman–Crippen LogP) is 6.07. The van der Waals surface area contributed by atoms with E-state index in [2.05, 4.69) is 11.6 Å². The number of carbonyl (C=O) groups excluding carboxylic acids is 1. The fourth-order valence-corrected chi connectivity index (χ4v) is 6.60. The third-order valence-electron chi connectivity index (χ3n) is 7.49. The Morgan fingerprint density at radius 2 is 1.42 bits per heavy atom. The van der Waals surface area contributed by atoms with Gasteiger partial charge in [0.2, 0.25) is 15.9 Å². The Balaban J connectivity index is 1.72. The Hall–Kier alpha value is -1.93. The third-order valence-corrected chi connectivity index (χ3v) is 8.96. The van der Waals surface area contributed by atoms with Gasteiger partial charge in [0.05, 0.1) is 5.75 Å². The third kappa shape index (κ3) is 12.7. The summed E-state index contributed by atoms with van der Waals surface area (Å²) in [5, 5.41) is 9.50. The van der Waals surface area contributed by atoms with Crippen molar-refractivity contribution in [2.24, 2.45) is 0 Å². The number of rotatable bonds is 21. The summed E-state index contributed by atoms with van der Waals surface area (Å²) in [4.78, 5) is 26.2. The molecule has 1 amide bonds. The normalized spacial score (nSPS) is 16.6. The molecule has 0 aromatic heterocycles. The first-order chi connectivity index (χ1) is 18.3. The van der Waals surface area contributed by atoms with Gasteiger partial charge in [-0.1, -0.05) is 121 Å². The Morgan fingerprint density at radius 3 is 1.95 bits per heavy atom. The van der Waals surface area contributed by atoms with Crippen LogP contribution in [0, 0.1) is 0 Å². The first-order valence-electron chi connectivity index (χ1n) is 14.9. The maximum Gasteiger partial charge on any atom is 0.326 e. The molecule has 1 saturated heterocycles. The molecule has 38 heavy (non-hydrogen) atoms. The molecular formula is C30H50N2O5S. The molecule has 8 heteroatoms. The van der Waals surface area contributed by atoms with Crippen molar-refractivity contribution in [3.63, 3.8) is 0 Å². The fourth-order valence-electron chi connectivity index (χ4n) is 5.28. The summed E-state index contributed by atoms with van der Waals surface area (Å²) in [6, 6.07) is 7.35. The number of likely N-dealkylation sites (tertiary alicyclic amines) is 1. The number of amides is 1. The van der Waals surface area contributed by atoms with E-state index < -0.39 is 34.0 Å². The van der Waals surface area contributed by atoms with Crippen LogP contribution in [0.4, 0.5) is 0 Å². The van der Waals surface area contributed by atoms with Crippen LogP contribution in [0.2, 0.25) is 0 Å². The van der Waals surface area contributed by atoms with Crippen molar-refractivity contribution in [1.82, 2.24) is 9.62 Å². The summed E-state index contributed by atoms with van der Waals surface area (Å²) < 4.78 is 28.4. The molecule has 1 aliphatic heterocycles. The molecule has 2 rings (SSSR count). The Morgan fingerprint density at radius 1 is 0.895 bits per heavy atom. The summed E-state index contributed by atoms with van der Waals surface area (Å²) in [5.74, 6) is -1.52. The highest BCUT2D eigenvalue weighted by Gasteiger charge is 2.38. The molecule has 7 nitrogen and oxygen atoms in total. The zero-order valence-electron chi connectivity index (χ0n) is 23.4. The van der Waals surface area contributed by atoms with Crippen molar-refractivity contribution < 1.29 is 23.1 Å². The van der Waals surface area contributed by atoms with E-state index in [4.69, 9.17) is 0 Å².